The van der Waals surface area contributed by atoms with Gasteiger partial charge in [0.1, 0.15) is 11.6 Å². The highest BCUT2D eigenvalue weighted by Gasteiger charge is 2.44. The number of nitrogens with zero attached hydrogens (tertiary/aromatic N) is 6. The van der Waals surface area contributed by atoms with Gasteiger partial charge in [0.05, 0.1) is 11.3 Å². The molecule has 2 N–H and O–H groups in total. The number of hydrogen-bond donors (Lipinski definition) is 1. The molecule has 34 heavy (non-hydrogen) atoms. The fraction of sp³-hybridized carbons (Fsp3) is 0.565. The Hall–Kier alpha value is -3.11. The topological polar surface area (TPSA) is 91.5 Å². The molecule has 4 fully saturated rings. The van der Waals surface area contributed by atoms with Crippen LogP contribution in [0.25, 0.3) is 11.3 Å². The number of fused-ring (bicyclic) bond motifs is 1. The summed E-state index contributed by atoms with van der Waals surface area (Å²) in [5, 5.41) is 0. The summed E-state index contributed by atoms with van der Waals surface area (Å²) in [6.07, 6.45) is -0.292. The molecule has 3 aliphatic heterocycles. The normalized spacial score (nSPS) is 24.4. The van der Waals surface area contributed by atoms with Crippen molar-refractivity contribution in [1.82, 2.24) is 19.9 Å². The average Bonchev–Trinajstić information content (AvgIpc) is 3.39. The summed E-state index contributed by atoms with van der Waals surface area (Å²) in [5.74, 6) is 1.29. The number of carbonyl (C=O) groups is 1. The Balaban J connectivity index is 1.54. The van der Waals surface area contributed by atoms with Crippen molar-refractivity contribution in [3.05, 3.63) is 23.9 Å². The number of piperazine rings is 1. The zero-order valence-electron chi connectivity index (χ0n) is 19.2. The molecule has 1 aliphatic carbocycles. The third-order valence-electron chi connectivity index (χ3n) is 7.27. The first-order chi connectivity index (χ1) is 16.1. The maximum Gasteiger partial charge on any atom is 0.419 e. The SMILES string of the molecule is CC[C@H]1CN(c2cc(-c3cnc(N)c(C(F)(F)F)c3)nc(N3CC4CC3C4)n2)CCN1C(C)=O. The number of nitrogens with two attached hydrogens (primary N) is 1. The zero-order chi connectivity index (χ0) is 24.2. The molecule has 0 spiro atoms. The molecule has 1 amide bonds. The van der Waals surface area contributed by atoms with E-state index in [0.717, 1.165) is 31.9 Å². The second-order valence-electron chi connectivity index (χ2n) is 9.43. The van der Waals surface area contributed by atoms with Crippen molar-refractivity contribution in [1.29, 1.82) is 0 Å². The van der Waals surface area contributed by atoms with Crippen LogP contribution in [-0.2, 0) is 11.0 Å². The van der Waals surface area contributed by atoms with Gasteiger partial charge in [0, 0.05) is 63.0 Å². The summed E-state index contributed by atoms with van der Waals surface area (Å²) < 4.78 is 40.4. The summed E-state index contributed by atoms with van der Waals surface area (Å²) in [6.45, 7) is 6.23. The van der Waals surface area contributed by atoms with E-state index in [4.69, 9.17) is 10.7 Å². The van der Waals surface area contributed by atoms with Crippen LogP contribution in [0.2, 0.25) is 0 Å². The van der Waals surface area contributed by atoms with Gasteiger partial charge in [-0.05, 0) is 31.2 Å². The van der Waals surface area contributed by atoms with Crippen molar-refractivity contribution in [2.45, 2.75) is 51.4 Å². The van der Waals surface area contributed by atoms with Crippen LogP contribution in [0, 0.1) is 5.92 Å². The Morgan fingerprint density at radius 2 is 1.94 bits per heavy atom. The molecule has 6 rings (SSSR count). The van der Waals surface area contributed by atoms with E-state index in [9.17, 15) is 18.0 Å². The van der Waals surface area contributed by atoms with Crippen LogP contribution in [-0.4, -0.2) is 64.0 Å². The van der Waals surface area contributed by atoms with Crippen LogP contribution >= 0.6 is 0 Å². The van der Waals surface area contributed by atoms with Gasteiger partial charge in [-0.2, -0.15) is 18.2 Å². The molecule has 2 aromatic rings. The fourth-order valence-electron chi connectivity index (χ4n) is 5.31. The molecule has 4 aliphatic rings. The molecule has 2 bridgehead atoms. The maximum atomic E-state index is 13.5. The van der Waals surface area contributed by atoms with Crippen molar-refractivity contribution < 1.29 is 18.0 Å². The van der Waals surface area contributed by atoms with Gasteiger partial charge in [-0.15, -0.1) is 0 Å². The van der Waals surface area contributed by atoms with E-state index in [-0.39, 0.29) is 17.5 Å². The first-order valence-electron chi connectivity index (χ1n) is 11.6. The minimum Gasteiger partial charge on any atom is -0.383 e. The smallest absolute Gasteiger partial charge is 0.383 e. The van der Waals surface area contributed by atoms with Gasteiger partial charge in [-0.25, -0.2) is 9.97 Å². The van der Waals surface area contributed by atoms with Crippen molar-refractivity contribution in [3.63, 3.8) is 0 Å². The van der Waals surface area contributed by atoms with E-state index in [2.05, 4.69) is 19.8 Å². The summed E-state index contributed by atoms with van der Waals surface area (Å²) in [6, 6.07) is 3.14. The highest BCUT2D eigenvalue weighted by Crippen LogP contribution is 2.43. The van der Waals surface area contributed by atoms with Crippen molar-refractivity contribution in [2.75, 3.05) is 41.7 Å². The Kier molecular flexibility index (Phi) is 5.52. The number of rotatable bonds is 4. The third-order valence-corrected chi connectivity index (χ3v) is 7.27. The molecule has 0 radical (unpaired) electrons. The number of aromatic nitrogens is 3. The lowest BCUT2D eigenvalue weighted by Crippen LogP contribution is -2.54. The second-order valence-corrected chi connectivity index (χ2v) is 9.43. The Morgan fingerprint density at radius 3 is 2.56 bits per heavy atom. The van der Waals surface area contributed by atoms with Gasteiger partial charge >= 0.3 is 6.18 Å². The molecule has 3 saturated heterocycles. The molecule has 1 atom stereocenters. The lowest BCUT2D eigenvalue weighted by Gasteiger charge is -2.41. The van der Waals surface area contributed by atoms with E-state index in [1.165, 1.54) is 6.20 Å². The van der Waals surface area contributed by atoms with Gasteiger partial charge in [-0.3, -0.25) is 4.79 Å². The molecule has 8 nitrogen and oxygen atoms in total. The largest absolute Gasteiger partial charge is 0.419 e. The summed E-state index contributed by atoms with van der Waals surface area (Å²) in [4.78, 5) is 31.5. The van der Waals surface area contributed by atoms with Crippen molar-refractivity contribution in [2.24, 2.45) is 5.92 Å². The average molecular weight is 476 g/mol. The minimum absolute atomic E-state index is 0.0417. The molecular weight excluding hydrogens is 447 g/mol. The number of pyridine rings is 1. The molecule has 2 aromatic heterocycles. The predicted octanol–water partition coefficient (Wildman–Crippen LogP) is 3.19. The molecule has 5 heterocycles. The highest BCUT2D eigenvalue weighted by molar-refractivity contribution is 5.74. The molecule has 0 unspecified atom stereocenters. The number of halogens is 3. The van der Waals surface area contributed by atoms with E-state index in [1.54, 1.807) is 13.0 Å². The summed E-state index contributed by atoms with van der Waals surface area (Å²) >= 11 is 0. The van der Waals surface area contributed by atoms with Gasteiger partial charge in [-0.1, -0.05) is 6.92 Å². The van der Waals surface area contributed by atoms with E-state index >= 15 is 0 Å². The Morgan fingerprint density at radius 1 is 1.18 bits per heavy atom. The number of hydrogen-bond acceptors (Lipinski definition) is 7. The van der Waals surface area contributed by atoms with E-state index in [1.807, 2.05) is 11.8 Å². The Bertz CT molecular complexity index is 1100. The van der Waals surface area contributed by atoms with Crippen molar-refractivity contribution >= 4 is 23.5 Å². The molecule has 0 aromatic carbocycles. The van der Waals surface area contributed by atoms with Gasteiger partial charge in [0.15, 0.2) is 0 Å². The number of alkyl halides is 3. The van der Waals surface area contributed by atoms with E-state index in [0.29, 0.717) is 49.1 Å². The number of carbonyl (C=O) groups excluding carboxylic acids is 1. The standard InChI is InChI=1S/C23H28F3N7O/c1-3-16-12-31(4-5-32(16)13(2)34)20-9-19(15-8-18(23(24,25)26)21(27)28-10-15)29-22(30-20)33-11-14-6-17(33)7-14/h8-10,14,16-17H,3-7,11-12H2,1-2H3,(H2,27,28)/t14?,16-,17?/m0/s1. The first kappa shape index (κ1) is 22.7. The lowest BCUT2D eigenvalue weighted by atomic mass is 9.86. The fourth-order valence-corrected chi connectivity index (χ4v) is 5.31. The Labute approximate surface area is 196 Å². The minimum atomic E-state index is -4.61. The van der Waals surface area contributed by atoms with E-state index < -0.39 is 17.6 Å². The van der Waals surface area contributed by atoms with Crippen LogP contribution < -0.4 is 15.5 Å². The zero-order valence-corrected chi connectivity index (χ0v) is 19.2. The third kappa shape index (κ3) is 4.01. The van der Waals surface area contributed by atoms with Crippen LogP contribution in [0.5, 0.6) is 0 Å². The first-order valence-corrected chi connectivity index (χ1v) is 11.6. The number of anilines is 3. The van der Waals surface area contributed by atoms with Gasteiger partial charge < -0.3 is 20.4 Å². The summed E-state index contributed by atoms with van der Waals surface area (Å²) in [5.41, 5.74) is 5.16. The monoisotopic (exact) mass is 475 g/mol. The molecular formula is C23H28F3N7O. The van der Waals surface area contributed by atoms with Crippen LogP contribution in [0.3, 0.4) is 0 Å². The second kappa shape index (κ2) is 8.28. The quantitative estimate of drug-likeness (QED) is 0.726. The summed E-state index contributed by atoms with van der Waals surface area (Å²) in [7, 11) is 0. The molecule has 182 valence electrons. The van der Waals surface area contributed by atoms with Gasteiger partial charge in [0.2, 0.25) is 11.9 Å². The van der Waals surface area contributed by atoms with Crippen molar-refractivity contribution in [3.8, 4) is 11.3 Å². The highest BCUT2D eigenvalue weighted by atomic mass is 19.4. The van der Waals surface area contributed by atoms with Gasteiger partial charge in [0.25, 0.3) is 0 Å². The van der Waals surface area contributed by atoms with Crippen LogP contribution in [0.15, 0.2) is 18.3 Å². The van der Waals surface area contributed by atoms with Crippen LogP contribution in [0.1, 0.15) is 38.7 Å². The number of amides is 1. The maximum absolute atomic E-state index is 13.5. The molecule has 11 heteroatoms. The number of nitrogen functional groups attached to an aromatic ring is 1. The molecule has 1 saturated carbocycles. The predicted molar refractivity (Wildman–Crippen MR) is 122 cm³/mol. The lowest BCUT2D eigenvalue weighted by molar-refractivity contribution is -0.137. The van der Waals surface area contributed by atoms with Crippen LogP contribution in [0.4, 0.5) is 30.8 Å².